The van der Waals surface area contributed by atoms with Crippen molar-refractivity contribution in [3.05, 3.63) is 50.5 Å². The van der Waals surface area contributed by atoms with E-state index in [0.29, 0.717) is 10.8 Å². The zero-order chi connectivity index (χ0) is 12.4. The minimum atomic E-state index is -0.458. The summed E-state index contributed by atoms with van der Waals surface area (Å²) >= 11 is 11.7. The molecule has 0 unspecified atom stereocenters. The van der Waals surface area contributed by atoms with E-state index in [0.717, 1.165) is 5.56 Å². The molecule has 0 atom stereocenters. The van der Waals surface area contributed by atoms with Crippen molar-refractivity contribution >= 4 is 23.2 Å². The minimum Gasteiger partial charge on any atom is -0.436 e. The molecule has 0 aliphatic rings. The van der Waals surface area contributed by atoms with Crippen molar-refractivity contribution in [2.24, 2.45) is 0 Å². The van der Waals surface area contributed by atoms with Crippen LogP contribution in [0.15, 0.2) is 29.3 Å². The highest BCUT2D eigenvalue weighted by atomic mass is 35.5. The zero-order valence-corrected chi connectivity index (χ0v) is 10.3. The molecule has 17 heavy (non-hydrogen) atoms. The highest BCUT2D eigenvalue weighted by Crippen LogP contribution is 2.30. The predicted octanol–water partition coefficient (Wildman–Crippen LogP) is 3.18. The molecule has 0 amide bonds. The maximum Gasteiger partial charge on any atom is 0.273 e. The van der Waals surface area contributed by atoms with E-state index in [2.05, 4.69) is 9.97 Å². The lowest BCUT2D eigenvalue weighted by atomic mass is 10.2. The maximum absolute atomic E-state index is 11.2. The van der Waals surface area contributed by atoms with Gasteiger partial charge >= 0.3 is 0 Å². The van der Waals surface area contributed by atoms with E-state index in [4.69, 9.17) is 27.9 Å². The molecular formula is C11H8Cl2N2O2. The van der Waals surface area contributed by atoms with Gasteiger partial charge in [-0.3, -0.25) is 4.79 Å². The van der Waals surface area contributed by atoms with Crippen LogP contribution < -0.4 is 10.3 Å². The fourth-order valence-corrected chi connectivity index (χ4v) is 1.53. The van der Waals surface area contributed by atoms with Gasteiger partial charge in [0.25, 0.3) is 5.56 Å². The van der Waals surface area contributed by atoms with Crippen molar-refractivity contribution < 1.29 is 4.74 Å². The Labute approximate surface area is 107 Å². The Kier molecular flexibility index (Phi) is 3.36. The molecule has 6 heteroatoms. The van der Waals surface area contributed by atoms with Crippen molar-refractivity contribution in [3.8, 4) is 11.6 Å². The van der Waals surface area contributed by atoms with E-state index in [9.17, 15) is 4.79 Å². The summed E-state index contributed by atoms with van der Waals surface area (Å²) in [5.41, 5.74) is 0.519. The van der Waals surface area contributed by atoms with Crippen molar-refractivity contribution in [1.29, 1.82) is 0 Å². The van der Waals surface area contributed by atoms with Crippen LogP contribution in [0.3, 0.4) is 0 Å². The fraction of sp³-hybridized carbons (Fsp3) is 0.0909. The first-order chi connectivity index (χ1) is 8.08. The number of halogens is 2. The molecule has 1 heterocycles. The molecule has 0 fully saturated rings. The van der Waals surface area contributed by atoms with Gasteiger partial charge in [0.05, 0.1) is 11.3 Å². The highest BCUT2D eigenvalue weighted by Gasteiger charge is 2.10. The van der Waals surface area contributed by atoms with E-state index >= 15 is 0 Å². The van der Waals surface area contributed by atoms with Gasteiger partial charge in [-0.1, -0.05) is 29.3 Å². The van der Waals surface area contributed by atoms with Crippen molar-refractivity contribution in [2.45, 2.75) is 6.92 Å². The van der Waals surface area contributed by atoms with Crippen LogP contribution in [0.5, 0.6) is 11.6 Å². The average Bonchev–Trinajstić information content (AvgIpc) is 2.30. The van der Waals surface area contributed by atoms with Crippen LogP contribution in [0.1, 0.15) is 5.56 Å². The normalized spacial score (nSPS) is 10.3. The topological polar surface area (TPSA) is 55.0 Å². The van der Waals surface area contributed by atoms with Crippen LogP contribution in [0, 0.1) is 6.92 Å². The van der Waals surface area contributed by atoms with Crippen molar-refractivity contribution in [3.63, 3.8) is 0 Å². The molecule has 0 radical (unpaired) electrons. The lowest BCUT2D eigenvalue weighted by Gasteiger charge is -2.07. The molecule has 0 bridgehead atoms. The molecular weight excluding hydrogens is 263 g/mol. The van der Waals surface area contributed by atoms with Crippen LogP contribution in [0.4, 0.5) is 0 Å². The Morgan fingerprint density at radius 2 is 2.12 bits per heavy atom. The molecule has 2 rings (SSSR count). The second-order valence-electron chi connectivity index (χ2n) is 3.39. The van der Waals surface area contributed by atoms with Crippen LogP contribution >= 0.6 is 23.2 Å². The standard InChI is InChI=1S/C11H8Cl2N2O2/c1-6-2-3-7(12)8(4-6)17-11-9(13)10(16)14-5-15-11/h2-5H,1H3,(H,14,15,16). The van der Waals surface area contributed by atoms with Gasteiger partial charge in [-0.2, -0.15) is 0 Å². The molecule has 4 nitrogen and oxygen atoms in total. The quantitative estimate of drug-likeness (QED) is 0.912. The summed E-state index contributed by atoms with van der Waals surface area (Å²) in [6, 6.07) is 5.29. The van der Waals surface area contributed by atoms with Gasteiger partial charge in [0, 0.05) is 0 Å². The predicted molar refractivity (Wildman–Crippen MR) is 66.1 cm³/mol. The third kappa shape index (κ3) is 2.60. The van der Waals surface area contributed by atoms with Gasteiger partial charge in [-0.15, -0.1) is 0 Å². The Bertz CT molecular complexity index is 611. The summed E-state index contributed by atoms with van der Waals surface area (Å²) in [6.45, 7) is 1.90. The summed E-state index contributed by atoms with van der Waals surface area (Å²) < 4.78 is 5.41. The molecule has 1 aromatic heterocycles. The van der Waals surface area contributed by atoms with Gasteiger partial charge in [-0.05, 0) is 24.6 Å². The van der Waals surface area contributed by atoms with Gasteiger partial charge in [0.2, 0.25) is 5.88 Å². The van der Waals surface area contributed by atoms with Crippen molar-refractivity contribution in [2.75, 3.05) is 0 Å². The van der Waals surface area contributed by atoms with Gasteiger partial charge in [0.1, 0.15) is 5.75 Å². The summed E-state index contributed by atoms with van der Waals surface area (Å²) in [7, 11) is 0. The van der Waals surface area contributed by atoms with Crippen molar-refractivity contribution in [1.82, 2.24) is 9.97 Å². The number of H-pyrrole nitrogens is 1. The Morgan fingerprint density at radius 1 is 1.35 bits per heavy atom. The largest absolute Gasteiger partial charge is 0.436 e. The summed E-state index contributed by atoms with van der Waals surface area (Å²) in [4.78, 5) is 17.4. The molecule has 2 aromatic rings. The SMILES string of the molecule is Cc1ccc(Cl)c(Oc2nc[nH]c(=O)c2Cl)c1. The number of hydrogen-bond acceptors (Lipinski definition) is 3. The lowest BCUT2D eigenvalue weighted by Crippen LogP contribution is -2.07. The molecule has 0 aliphatic carbocycles. The zero-order valence-electron chi connectivity index (χ0n) is 8.83. The molecule has 88 valence electrons. The van der Waals surface area contributed by atoms with Gasteiger partial charge in [-0.25, -0.2) is 4.98 Å². The van der Waals surface area contributed by atoms with E-state index in [1.807, 2.05) is 13.0 Å². The van der Waals surface area contributed by atoms with Gasteiger partial charge in [0.15, 0.2) is 5.02 Å². The van der Waals surface area contributed by atoms with Crippen LogP contribution in [-0.4, -0.2) is 9.97 Å². The smallest absolute Gasteiger partial charge is 0.273 e. The number of rotatable bonds is 2. The number of ether oxygens (including phenoxy) is 1. The first-order valence-corrected chi connectivity index (χ1v) is 5.50. The van der Waals surface area contributed by atoms with E-state index in [1.54, 1.807) is 12.1 Å². The summed E-state index contributed by atoms with van der Waals surface area (Å²) in [6.07, 6.45) is 1.22. The maximum atomic E-state index is 11.2. The van der Waals surface area contributed by atoms with Crippen LogP contribution in [0.25, 0.3) is 0 Å². The number of nitrogens with zero attached hydrogens (tertiary/aromatic N) is 1. The highest BCUT2D eigenvalue weighted by molar-refractivity contribution is 6.32. The Morgan fingerprint density at radius 3 is 2.88 bits per heavy atom. The molecule has 0 saturated heterocycles. The number of aromatic nitrogens is 2. The number of aryl methyl sites for hydroxylation is 1. The molecule has 1 aromatic carbocycles. The number of benzene rings is 1. The second kappa shape index (κ2) is 4.77. The van der Waals surface area contributed by atoms with E-state index in [-0.39, 0.29) is 10.9 Å². The Balaban J connectivity index is 2.41. The molecule has 0 aliphatic heterocycles. The number of aromatic amines is 1. The molecule has 0 spiro atoms. The second-order valence-corrected chi connectivity index (χ2v) is 4.17. The minimum absolute atomic E-state index is 0.0305. The third-order valence-electron chi connectivity index (χ3n) is 2.06. The average molecular weight is 271 g/mol. The molecule has 0 saturated carbocycles. The van der Waals surface area contributed by atoms with Crippen LogP contribution in [-0.2, 0) is 0 Å². The third-order valence-corrected chi connectivity index (χ3v) is 2.70. The first-order valence-electron chi connectivity index (χ1n) is 4.75. The Hall–Kier alpha value is -1.52. The summed E-state index contributed by atoms with van der Waals surface area (Å²) in [5.74, 6) is 0.439. The fourth-order valence-electron chi connectivity index (χ4n) is 1.23. The monoisotopic (exact) mass is 270 g/mol. The lowest BCUT2D eigenvalue weighted by molar-refractivity contribution is 0.460. The van der Waals surface area contributed by atoms with E-state index < -0.39 is 5.56 Å². The van der Waals surface area contributed by atoms with E-state index in [1.165, 1.54) is 6.33 Å². The van der Waals surface area contributed by atoms with Gasteiger partial charge < -0.3 is 9.72 Å². The van der Waals surface area contributed by atoms with Crippen LogP contribution in [0.2, 0.25) is 10.0 Å². The first kappa shape index (κ1) is 12.0. The number of nitrogens with one attached hydrogen (secondary N) is 1. The summed E-state index contributed by atoms with van der Waals surface area (Å²) in [5, 5.41) is 0.318. The number of hydrogen-bond donors (Lipinski definition) is 1. The molecule has 1 N–H and O–H groups in total.